The van der Waals surface area contributed by atoms with Gasteiger partial charge in [0.25, 0.3) is 0 Å². The van der Waals surface area contributed by atoms with Crippen molar-refractivity contribution in [3.05, 3.63) is 10.4 Å². The van der Waals surface area contributed by atoms with E-state index in [4.69, 9.17) is 34.0 Å². The number of nitrogens with one attached hydrogen (secondary N) is 3. The first-order valence-corrected chi connectivity index (χ1v) is 28.6. The SMILES string of the molecule is CC(=O)OCC1SC(OC(C)=O)C(NC(=O)CCCC(C)C)C(C)C1C.CC(=O)OCC1SC(OC(C)=O)C(NC(=O)CN=[N+]=[N-])C(C)C1C.CC[C@H](C)CC(=O)NC1C(OC(C)=O)SC(COC(C)=O)C(C)C1C. The number of ether oxygens (including phenoxy) is 6. The Morgan fingerprint density at radius 2 is 0.853 bits per heavy atom. The number of carbonyl (C=O) groups is 9. The van der Waals surface area contributed by atoms with Crippen molar-refractivity contribution >= 4 is 88.8 Å². The number of carbonyl (C=O) groups excluding carboxylic acids is 9. The van der Waals surface area contributed by atoms with Crippen LogP contribution in [-0.2, 0) is 71.6 Å². The number of amides is 3. The molecule has 3 aliphatic heterocycles. The summed E-state index contributed by atoms with van der Waals surface area (Å²) in [5.41, 5.74) is 6.72. The molecule has 0 aromatic heterocycles. The number of thioether (sulfide) groups is 3. The van der Waals surface area contributed by atoms with Crippen LogP contribution in [0.2, 0.25) is 0 Å². The van der Waals surface area contributed by atoms with Crippen LogP contribution in [-0.4, -0.2) is 130 Å². The molecule has 3 amide bonds. The Balaban J connectivity index is 0.000000563. The Kier molecular flexibility index (Phi) is 32.1. The number of rotatable bonds is 21. The van der Waals surface area contributed by atoms with Crippen molar-refractivity contribution in [2.75, 3.05) is 26.4 Å². The fourth-order valence-corrected chi connectivity index (χ4v) is 13.4. The summed E-state index contributed by atoms with van der Waals surface area (Å²) < 4.78 is 31.7. The van der Waals surface area contributed by atoms with Crippen molar-refractivity contribution in [1.82, 2.24) is 16.0 Å². The van der Waals surface area contributed by atoms with E-state index in [1.54, 1.807) is 0 Å². The maximum Gasteiger partial charge on any atom is 0.303 e. The van der Waals surface area contributed by atoms with E-state index < -0.39 is 34.2 Å². The summed E-state index contributed by atoms with van der Waals surface area (Å²) in [6, 6.07) is -0.933. The molecule has 3 fully saturated rings. The molecule has 21 nitrogen and oxygen atoms in total. The van der Waals surface area contributed by atoms with E-state index in [2.05, 4.69) is 60.6 Å². The van der Waals surface area contributed by atoms with Crippen LogP contribution in [0.5, 0.6) is 0 Å². The average molecular weight is 1120 g/mol. The molecule has 3 rings (SSSR count). The summed E-state index contributed by atoms with van der Waals surface area (Å²) in [5, 5.41) is 12.1. The van der Waals surface area contributed by atoms with Crippen LogP contribution >= 0.6 is 35.3 Å². The van der Waals surface area contributed by atoms with Crippen LogP contribution in [0.1, 0.15) is 143 Å². The van der Waals surface area contributed by atoms with Crippen molar-refractivity contribution in [2.45, 2.75) is 193 Å². The van der Waals surface area contributed by atoms with Gasteiger partial charge in [0.1, 0.15) is 26.4 Å². The zero-order chi connectivity index (χ0) is 57.3. The van der Waals surface area contributed by atoms with Gasteiger partial charge in [-0.3, -0.25) is 43.2 Å². The van der Waals surface area contributed by atoms with Crippen molar-refractivity contribution in [2.24, 2.45) is 52.5 Å². The zero-order valence-electron chi connectivity index (χ0n) is 46.9. The average Bonchev–Trinajstić information content (AvgIpc) is 3.31. The van der Waals surface area contributed by atoms with Crippen LogP contribution in [0.4, 0.5) is 0 Å². The van der Waals surface area contributed by atoms with E-state index in [1.165, 1.54) is 76.8 Å². The molecule has 0 bridgehead atoms. The molecule has 75 heavy (non-hydrogen) atoms. The summed E-state index contributed by atoms with van der Waals surface area (Å²) >= 11 is 4.26. The van der Waals surface area contributed by atoms with Gasteiger partial charge in [-0.15, -0.1) is 35.3 Å². The molecular formula is C51H86N6O15S3. The molecule has 3 saturated heterocycles. The number of nitrogens with zero attached hydrogens (tertiary/aromatic N) is 3. The van der Waals surface area contributed by atoms with E-state index in [-0.39, 0.29) is 131 Å². The van der Waals surface area contributed by atoms with Gasteiger partial charge in [-0.1, -0.05) is 87.2 Å². The quantitative estimate of drug-likeness (QED) is 0.0329. The maximum absolute atomic E-state index is 12.3. The largest absolute Gasteiger partial charge is 0.465 e. The number of hydrogen-bond donors (Lipinski definition) is 3. The molecular weight excluding hydrogens is 1030 g/mol. The third kappa shape index (κ3) is 26.0. The highest BCUT2D eigenvalue weighted by molar-refractivity contribution is 8.01. The highest BCUT2D eigenvalue weighted by Gasteiger charge is 2.46. The predicted octanol–water partition coefficient (Wildman–Crippen LogP) is 7.51. The molecule has 3 N–H and O–H groups in total. The van der Waals surface area contributed by atoms with Crippen molar-refractivity contribution in [3.8, 4) is 0 Å². The van der Waals surface area contributed by atoms with Gasteiger partial charge >= 0.3 is 35.8 Å². The van der Waals surface area contributed by atoms with Crippen LogP contribution < -0.4 is 16.0 Å². The van der Waals surface area contributed by atoms with Gasteiger partial charge in [-0.2, -0.15) is 0 Å². The van der Waals surface area contributed by atoms with Crippen LogP contribution in [0.15, 0.2) is 5.11 Å². The van der Waals surface area contributed by atoms with Crippen LogP contribution in [0.25, 0.3) is 10.4 Å². The molecule has 0 aromatic rings. The van der Waals surface area contributed by atoms with Gasteiger partial charge in [-0.25, -0.2) is 0 Å². The lowest BCUT2D eigenvalue weighted by molar-refractivity contribution is -0.146. The van der Waals surface area contributed by atoms with E-state index in [0.717, 1.165) is 19.3 Å². The second-order valence-corrected chi connectivity index (χ2v) is 24.2. The fraction of sp³-hybridized carbons (Fsp3) is 0.824. The molecule has 24 heteroatoms. The molecule has 0 spiro atoms. The topological polar surface area (TPSA) is 294 Å². The lowest BCUT2D eigenvalue weighted by Crippen LogP contribution is -2.55. The number of hydrogen-bond acceptors (Lipinski definition) is 19. The van der Waals surface area contributed by atoms with E-state index in [9.17, 15) is 43.2 Å². The van der Waals surface area contributed by atoms with Crippen LogP contribution in [0.3, 0.4) is 0 Å². The van der Waals surface area contributed by atoms with Gasteiger partial charge in [0.05, 0.1) is 18.1 Å². The van der Waals surface area contributed by atoms with E-state index in [0.29, 0.717) is 24.7 Å². The zero-order valence-corrected chi connectivity index (χ0v) is 49.3. The molecule has 15 unspecified atom stereocenters. The smallest absolute Gasteiger partial charge is 0.303 e. The van der Waals surface area contributed by atoms with Gasteiger partial charge in [0, 0.05) is 75.0 Å². The fourth-order valence-electron chi connectivity index (χ4n) is 8.41. The molecule has 428 valence electrons. The monoisotopic (exact) mass is 1120 g/mol. The van der Waals surface area contributed by atoms with Crippen molar-refractivity contribution in [1.29, 1.82) is 0 Å². The van der Waals surface area contributed by atoms with Crippen molar-refractivity contribution < 1.29 is 71.6 Å². The first-order valence-electron chi connectivity index (χ1n) is 25.8. The molecule has 0 aromatic carbocycles. The van der Waals surface area contributed by atoms with E-state index in [1.807, 2.05) is 34.6 Å². The Bertz CT molecular complexity index is 1940. The maximum atomic E-state index is 12.3. The second-order valence-electron chi connectivity index (χ2n) is 20.2. The highest BCUT2D eigenvalue weighted by Crippen LogP contribution is 2.43. The summed E-state index contributed by atoms with van der Waals surface area (Å²) in [6.07, 6.45) is 3.74. The minimum absolute atomic E-state index is 0.00844. The molecule has 16 atom stereocenters. The lowest BCUT2D eigenvalue weighted by atomic mass is 9.85. The second kappa shape index (κ2) is 35.1. The third-order valence-corrected chi connectivity index (χ3v) is 18.3. The first kappa shape index (κ1) is 68.6. The Hall–Kier alpha value is -4.41. The molecule has 3 heterocycles. The Morgan fingerprint density at radius 1 is 0.520 bits per heavy atom. The minimum Gasteiger partial charge on any atom is -0.465 e. The normalized spacial score (nSPS) is 29.3. The Morgan fingerprint density at radius 3 is 1.15 bits per heavy atom. The number of esters is 6. The third-order valence-electron chi connectivity index (χ3n) is 13.6. The standard InChI is InChI=1S/C19H33NO5S.C18H31NO5S.C14H22N4O5S/c1-11(2)8-7-9-17(23)20-18-13(4)12(3)16(10-24-14(5)21)26-19(18)25-15(6)22;1-7-10(2)8-16(22)19-17-12(4)11(3)15(9-23-13(5)20)25-18(17)24-14(6)21;1-7-8(2)13(17-12(21)5-16-18-15)14(23-10(4)20)24-11(7)6-22-9(3)19/h11-13,16,18-19H,7-10H2,1-6H3,(H,20,23);10-12,15,17-18H,7-9H2,1-6H3,(H,19,22);7-8,11,13-14H,5-6H2,1-4H3,(H,17,21)/t;10-,11?,12?,15?,17?,18?;/m.0./s1. The lowest BCUT2D eigenvalue weighted by Gasteiger charge is -2.43. The van der Waals surface area contributed by atoms with Gasteiger partial charge in [0.2, 0.25) is 17.7 Å². The van der Waals surface area contributed by atoms with Gasteiger partial charge in [0.15, 0.2) is 16.3 Å². The van der Waals surface area contributed by atoms with Crippen molar-refractivity contribution in [3.63, 3.8) is 0 Å². The van der Waals surface area contributed by atoms with Crippen LogP contribution in [0, 0.1) is 47.3 Å². The molecule has 3 aliphatic rings. The summed E-state index contributed by atoms with van der Waals surface area (Å²) in [5.74, 6) is -1.18. The van der Waals surface area contributed by atoms with Gasteiger partial charge < -0.3 is 44.4 Å². The molecule has 0 radical (unpaired) electrons. The summed E-state index contributed by atoms with van der Waals surface area (Å²) in [6.45, 7) is 29.1. The Labute approximate surface area is 456 Å². The molecule has 0 aliphatic carbocycles. The number of azide groups is 1. The molecule has 0 saturated carbocycles. The predicted molar refractivity (Wildman–Crippen MR) is 288 cm³/mol. The van der Waals surface area contributed by atoms with Gasteiger partial charge in [-0.05, 0) is 59.3 Å². The summed E-state index contributed by atoms with van der Waals surface area (Å²) in [4.78, 5) is 107. The highest BCUT2D eigenvalue weighted by atomic mass is 32.2. The minimum atomic E-state index is -0.607. The van der Waals surface area contributed by atoms with E-state index >= 15 is 0 Å². The first-order chi connectivity index (χ1) is 35.0. The summed E-state index contributed by atoms with van der Waals surface area (Å²) in [7, 11) is 0.